The Kier molecular flexibility index (Phi) is 4.43. The highest BCUT2D eigenvalue weighted by Crippen LogP contribution is 2.26. The Bertz CT molecular complexity index is 453. The van der Waals surface area contributed by atoms with Crippen LogP contribution in [0, 0.1) is 5.92 Å². The quantitative estimate of drug-likeness (QED) is 0.852. The van der Waals surface area contributed by atoms with E-state index < -0.39 is 0 Å². The predicted octanol–water partition coefficient (Wildman–Crippen LogP) is 2.63. The summed E-state index contributed by atoms with van der Waals surface area (Å²) >= 11 is 0. The van der Waals surface area contributed by atoms with Crippen molar-refractivity contribution in [3.05, 3.63) is 30.1 Å². The van der Waals surface area contributed by atoms with Crippen molar-refractivity contribution in [1.29, 1.82) is 0 Å². The van der Waals surface area contributed by atoms with Crippen molar-refractivity contribution in [2.45, 2.75) is 52.3 Å². The Morgan fingerprint density at radius 2 is 2.20 bits per heavy atom. The van der Waals surface area contributed by atoms with E-state index in [-0.39, 0.29) is 23.5 Å². The molecule has 0 spiro atoms. The van der Waals surface area contributed by atoms with Gasteiger partial charge in [0, 0.05) is 18.3 Å². The van der Waals surface area contributed by atoms with E-state index in [0.717, 1.165) is 12.1 Å². The highest BCUT2D eigenvalue weighted by Gasteiger charge is 2.38. The van der Waals surface area contributed by atoms with Crippen LogP contribution in [0.25, 0.3) is 0 Å². The van der Waals surface area contributed by atoms with Crippen molar-refractivity contribution < 1.29 is 9.53 Å². The summed E-state index contributed by atoms with van der Waals surface area (Å²) in [6, 6.07) is 5.78. The van der Waals surface area contributed by atoms with Gasteiger partial charge in [-0.2, -0.15) is 0 Å². The molecule has 0 aliphatic carbocycles. The van der Waals surface area contributed by atoms with Crippen LogP contribution in [0.1, 0.15) is 39.8 Å². The molecule has 1 aromatic rings. The second-order valence-corrected chi connectivity index (χ2v) is 6.47. The number of pyridine rings is 1. The van der Waals surface area contributed by atoms with Gasteiger partial charge in [-0.15, -0.1) is 0 Å². The lowest BCUT2D eigenvalue weighted by Crippen LogP contribution is -2.50. The molecule has 0 aromatic carbocycles. The van der Waals surface area contributed by atoms with Crippen LogP contribution in [0.2, 0.25) is 0 Å². The minimum absolute atomic E-state index is 0.0770. The third kappa shape index (κ3) is 3.37. The molecule has 0 unspecified atom stereocenters. The van der Waals surface area contributed by atoms with Crippen molar-refractivity contribution >= 4 is 5.91 Å². The first kappa shape index (κ1) is 15.0. The van der Waals surface area contributed by atoms with Gasteiger partial charge in [-0.3, -0.25) is 9.78 Å². The second-order valence-electron chi connectivity index (χ2n) is 6.47. The maximum atomic E-state index is 12.8. The average Bonchev–Trinajstić information content (AvgIpc) is 2.81. The summed E-state index contributed by atoms with van der Waals surface area (Å²) in [6.07, 6.45) is 2.41. The first-order chi connectivity index (χ1) is 9.39. The fraction of sp³-hybridized carbons (Fsp3) is 0.625. The molecule has 0 saturated carbocycles. The number of hydrogen-bond donors (Lipinski definition) is 0. The van der Waals surface area contributed by atoms with Crippen LogP contribution in [0.5, 0.6) is 0 Å². The van der Waals surface area contributed by atoms with Gasteiger partial charge < -0.3 is 9.64 Å². The minimum Gasteiger partial charge on any atom is -0.368 e. The van der Waals surface area contributed by atoms with E-state index in [1.165, 1.54) is 0 Å². The zero-order valence-electron chi connectivity index (χ0n) is 12.8. The molecule has 110 valence electrons. The van der Waals surface area contributed by atoms with Crippen LogP contribution in [-0.2, 0) is 16.1 Å². The van der Waals surface area contributed by atoms with E-state index in [4.69, 9.17) is 4.74 Å². The van der Waals surface area contributed by atoms with Gasteiger partial charge in [0.15, 0.2) is 0 Å². The lowest BCUT2D eigenvalue weighted by Gasteiger charge is -2.37. The summed E-state index contributed by atoms with van der Waals surface area (Å²) in [6.45, 7) is 9.43. The lowest BCUT2D eigenvalue weighted by molar-refractivity contribution is -0.148. The molecule has 2 atom stereocenters. The molecule has 4 nitrogen and oxygen atoms in total. The normalized spacial score (nSPS) is 22.8. The minimum atomic E-state index is -0.307. The summed E-state index contributed by atoms with van der Waals surface area (Å²) in [7, 11) is 0. The van der Waals surface area contributed by atoms with Gasteiger partial charge in [-0.05, 0) is 45.2 Å². The Balaban J connectivity index is 2.18. The number of nitrogens with zero attached hydrogens (tertiary/aromatic N) is 2. The number of carbonyl (C=O) groups is 1. The van der Waals surface area contributed by atoms with Crippen LogP contribution >= 0.6 is 0 Å². The van der Waals surface area contributed by atoms with Crippen LogP contribution in [0.4, 0.5) is 0 Å². The van der Waals surface area contributed by atoms with E-state index in [1.807, 2.05) is 43.9 Å². The zero-order valence-corrected chi connectivity index (χ0v) is 12.8. The molecule has 2 rings (SSSR count). The van der Waals surface area contributed by atoms with Gasteiger partial charge in [0.25, 0.3) is 5.91 Å². The molecule has 1 aliphatic rings. The number of amides is 1. The van der Waals surface area contributed by atoms with Gasteiger partial charge in [0.05, 0.1) is 12.2 Å². The Morgan fingerprint density at radius 3 is 2.70 bits per heavy atom. The first-order valence-electron chi connectivity index (χ1n) is 7.22. The summed E-state index contributed by atoms with van der Waals surface area (Å²) in [5.41, 5.74) is 0.654. The highest BCUT2D eigenvalue weighted by atomic mass is 16.5. The summed E-state index contributed by atoms with van der Waals surface area (Å²) < 4.78 is 5.63. The maximum absolute atomic E-state index is 12.8. The van der Waals surface area contributed by atoms with E-state index in [2.05, 4.69) is 11.9 Å². The van der Waals surface area contributed by atoms with Gasteiger partial charge in [0.1, 0.15) is 6.10 Å². The monoisotopic (exact) mass is 276 g/mol. The van der Waals surface area contributed by atoms with Gasteiger partial charge >= 0.3 is 0 Å². The SMILES string of the molecule is C[C@H]1CCO[C@H]1C(=O)N(Cc1ccccn1)C(C)(C)C. The fourth-order valence-corrected chi connectivity index (χ4v) is 2.46. The molecule has 1 saturated heterocycles. The van der Waals surface area contributed by atoms with Crippen LogP contribution in [0.15, 0.2) is 24.4 Å². The molecule has 0 bridgehead atoms. The molecule has 4 heteroatoms. The molecule has 1 aromatic heterocycles. The van der Waals surface area contributed by atoms with E-state index in [1.54, 1.807) is 6.20 Å². The van der Waals surface area contributed by atoms with Crippen molar-refractivity contribution in [1.82, 2.24) is 9.88 Å². The van der Waals surface area contributed by atoms with E-state index >= 15 is 0 Å². The van der Waals surface area contributed by atoms with Crippen molar-refractivity contribution in [2.24, 2.45) is 5.92 Å². The molecule has 1 amide bonds. The third-order valence-electron chi connectivity index (χ3n) is 3.75. The second kappa shape index (κ2) is 5.92. The molecule has 1 aliphatic heterocycles. The standard InChI is InChI=1S/C16H24N2O2/c1-12-8-10-20-14(12)15(19)18(16(2,3)4)11-13-7-5-6-9-17-13/h5-7,9,12,14H,8,10-11H2,1-4H3/t12-,14+/m0/s1. The molecule has 0 radical (unpaired) electrons. The number of carbonyl (C=O) groups excluding carboxylic acids is 1. The molecule has 1 fully saturated rings. The lowest BCUT2D eigenvalue weighted by atomic mass is 9.99. The largest absolute Gasteiger partial charge is 0.368 e. The van der Waals surface area contributed by atoms with Crippen LogP contribution in [-0.4, -0.2) is 34.0 Å². The van der Waals surface area contributed by atoms with Gasteiger partial charge in [-0.25, -0.2) is 0 Å². The average molecular weight is 276 g/mol. The summed E-state index contributed by atoms with van der Waals surface area (Å²) in [5, 5.41) is 0. The molecular formula is C16H24N2O2. The van der Waals surface area contributed by atoms with Crippen molar-refractivity contribution in [3.63, 3.8) is 0 Å². The summed E-state index contributed by atoms with van der Waals surface area (Å²) in [4.78, 5) is 19.0. The van der Waals surface area contributed by atoms with Gasteiger partial charge in [0.2, 0.25) is 0 Å². The van der Waals surface area contributed by atoms with E-state index in [9.17, 15) is 4.79 Å². The Labute approximate surface area is 121 Å². The van der Waals surface area contributed by atoms with Crippen molar-refractivity contribution in [3.8, 4) is 0 Å². The van der Waals surface area contributed by atoms with Crippen LogP contribution in [0.3, 0.4) is 0 Å². The number of hydrogen-bond acceptors (Lipinski definition) is 3. The number of ether oxygens (including phenoxy) is 1. The highest BCUT2D eigenvalue weighted by molar-refractivity contribution is 5.82. The third-order valence-corrected chi connectivity index (χ3v) is 3.75. The number of rotatable bonds is 3. The Morgan fingerprint density at radius 1 is 1.45 bits per heavy atom. The van der Waals surface area contributed by atoms with E-state index in [0.29, 0.717) is 13.2 Å². The molecule has 0 N–H and O–H groups in total. The summed E-state index contributed by atoms with van der Waals surface area (Å²) in [5.74, 6) is 0.365. The Hall–Kier alpha value is -1.42. The van der Waals surface area contributed by atoms with Crippen LogP contribution < -0.4 is 0 Å². The number of aromatic nitrogens is 1. The smallest absolute Gasteiger partial charge is 0.252 e. The zero-order chi connectivity index (χ0) is 14.8. The molecule has 20 heavy (non-hydrogen) atoms. The topological polar surface area (TPSA) is 42.4 Å². The maximum Gasteiger partial charge on any atom is 0.252 e. The molecule has 2 heterocycles. The van der Waals surface area contributed by atoms with Gasteiger partial charge in [-0.1, -0.05) is 13.0 Å². The predicted molar refractivity (Wildman–Crippen MR) is 78.1 cm³/mol. The first-order valence-corrected chi connectivity index (χ1v) is 7.22. The molecular weight excluding hydrogens is 252 g/mol. The fourth-order valence-electron chi connectivity index (χ4n) is 2.46. The van der Waals surface area contributed by atoms with Crippen molar-refractivity contribution in [2.75, 3.05) is 6.61 Å².